The van der Waals surface area contributed by atoms with E-state index in [1.165, 1.54) is 5.56 Å². The smallest absolute Gasteiger partial charge is 0.143 e. The molecular weight excluding hydrogens is 224 g/mol. The molecule has 2 atom stereocenters. The van der Waals surface area contributed by atoms with Crippen molar-refractivity contribution in [2.24, 2.45) is 0 Å². The van der Waals surface area contributed by atoms with Crippen molar-refractivity contribution in [2.75, 3.05) is 18.9 Å². The fourth-order valence-electron chi connectivity index (χ4n) is 2.24. The van der Waals surface area contributed by atoms with Gasteiger partial charge in [0.25, 0.3) is 0 Å². The highest BCUT2D eigenvalue weighted by Crippen LogP contribution is 2.35. The van der Waals surface area contributed by atoms with E-state index in [9.17, 15) is 0 Å². The zero-order valence-corrected chi connectivity index (χ0v) is 12.0. The third-order valence-electron chi connectivity index (χ3n) is 3.47. The molecule has 0 saturated carbocycles. The number of ether oxygens (including phenoxy) is 1. The predicted octanol–water partition coefficient (Wildman–Crippen LogP) is 2.76. The van der Waals surface area contributed by atoms with Crippen LogP contribution in [0, 0.1) is 0 Å². The number of hydrogen-bond donors (Lipinski definition) is 2. The first-order valence-electron chi connectivity index (χ1n) is 6.64. The lowest BCUT2D eigenvalue weighted by atomic mass is 9.86. The maximum atomic E-state index is 6.03. The Labute approximate surface area is 110 Å². The molecule has 1 heterocycles. The lowest BCUT2D eigenvalue weighted by molar-refractivity contribution is 0.174. The van der Waals surface area contributed by atoms with Gasteiger partial charge in [0.15, 0.2) is 0 Å². The number of anilines is 1. The number of rotatable bonds is 2. The van der Waals surface area contributed by atoms with Gasteiger partial charge in [-0.1, -0.05) is 26.8 Å². The number of likely N-dealkylation sites (N-methyl/N-ethyl adjacent to an activating group) is 1. The molecular formula is C15H24N2O. The van der Waals surface area contributed by atoms with Crippen molar-refractivity contribution in [1.82, 2.24) is 5.32 Å². The van der Waals surface area contributed by atoms with Crippen LogP contribution in [0.5, 0.6) is 5.75 Å². The van der Waals surface area contributed by atoms with Gasteiger partial charge in [-0.25, -0.2) is 0 Å². The summed E-state index contributed by atoms with van der Waals surface area (Å²) in [6.45, 7) is 9.70. The molecule has 2 unspecified atom stereocenters. The van der Waals surface area contributed by atoms with E-state index in [0.717, 1.165) is 18.0 Å². The molecule has 3 heteroatoms. The molecule has 0 amide bonds. The standard InChI is InChI=1S/C15H24N2O/c1-10-14(9-16-5)18-13-7-6-11(15(2,3)4)8-12(13)17-10/h6-8,10,14,16-17H,9H2,1-5H3. The average molecular weight is 248 g/mol. The summed E-state index contributed by atoms with van der Waals surface area (Å²) >= 11 is 0. The highest BCUT2D eigenvalue weighted by Gasteiger charge is 2.26. The van der Waals surface area contributed by atoms with Crippen molar-refractivity contribution in [2.45, 2.75) is 45.3 Å². The molecule has 0 bridgehead atoms. The quantitative estimate of drug-likeness (QED) is 0.844. The Morgan fingerprint density at radius 3 is 2.67 bits per heavy atom. The number of fused-ring (bicyclic) bond motifs is 1. The summed E-state index contributed by atoms with van der Waals surface area (Å²) in [7, 11) is 1.95. The molecule has 0 saturated heterocycles. The summed E-state index contributed by atoms with van der Waals surface area (Å²) in [5.41, 5.74) is 2.61. The van der Waals surface area contributed by atoms with E-state index >= 15 is 0 Å². The van der Waals surface area contributed by atoms with E-state index in [4.69, 9.17) is 4.74 Å². The fraction of sp³-hybridized carbons (Fsp3) is 0.600. The third kappa shape index (κ3) is 2.61. The van der Waals surface area contributed by atoms with Crippen LogP contribution in [-0.4, -0.2) is 25.7 Å². The van der Waals surface area contributed by atoms with Crippen LogP contribution in [0.25, 0.3) is 0 Å². The molecule has 18 heavy (non-hydrogen) atoms. The second-order valence-electron chi connectivity index (χ2n) is 6.11. The van der Waals surface area contributed by atoms with Crippen LogP contribution in [0.2, 0.25) is 0 Å². The number of nitrogens with one attached hydrogen (secondary N) is 2. The molecule has 0 aromatic heterocycles. The van der Waals surface area contributed by atoms with Gasteiger partial charge in [0.05, 0.1) is 11.7 Å². The van der Waals surface area contributed by atoms with Crippen LogP contribution in [0.4, 0.5) is 5.69 Å². The molecule has 3 nitrogen and oxygen atoms in total. The average Bonchev–Trinajstić information content (AvgIpc) is 2.28. The van der Waals surface area contributed by atoms with Crippen molar-refractivity contribution >= 4 is 5.69 Å². The van der Waals surface area contributed by atoms with Crippen molar-refractivity contribution < 1.29 is 4.74 Å². The summed E-state index contributed by atoms with van der Waals surface area (Å²) in [6, 6.07) is 6.77. The molecule has 0 aliphatic carbocycles. The van der Waals surface area contributed by atoms with E-state index in [1.54, 1.807) is 0 Å². The molecule has 2 rings (SSSR count). The Balaban J connectivity index is 2.26. The SMILES string of the molecule is CNCC1Oc2ccc(C(C)(C)C)cc2NC1C. The lowest BCUT2D eigenvalue weighted by Crippen LogP contribution is -2.45. The van der Waals surface area contributed by atoms with Crippen LogP contribution in [0.1, 0.15) is 33.3 Å². The second kappa shape index (κ2) is 4.81. The van der Waals surface area contributed by atoms with E-state index < -0.39 is 0 Å². The van der Waals surface area contributed by atoms with Gasteiger partial charge in [-0.05, 0) is 37.1 Å². The number of benzene rings is 1. The molecule has 0 spiro atoms. The molecule has 0 fully saturated rings. The summed E-state index contributed by atoms with van der Waals surface area (Å²) < 4.78 is 6.03. The van der Waals surface area contributed by atoms with Gasteiger partial charge in [-0.15, -0.1) is 0 Å². The zero-order chi connectivity index (χ0) is 13.3. The summed E-state index contributed by atoms with van der Waals surface area (Å²) in [5, 5.41) is 6.71. The first-order chi connectivity index (χ1) is 8.41. The van der Waals surface area contributed by atoms with Crippen LogP contribution >= 0.6 is 0 Å². The van der Waals surface area contributed by atoms with Crippen molar-refractivity contribution in [3.8, 4) is 5.75 Å². The highest BCUT2D eigenvalue weighted by molar-refractivity contribution is 5.61. The summed E-state index contributed by atoms with van der Waals surface area (Å²) in [4.78, 5) is 0. The van der Waals surface area contributed by atoms with Crippen molar-refractivity contribution in [3.63, 3.8) is 0 Å². The van der Waals surface area contributed by atoms with Crippen LogP contribution in [-0.2, 0) is 5.41 Å². The zero-order valence-electron chi connectivity index (χ0n) is 12.0. The molecule has 1 aliphatic heterocycles. The predicted molar refractivity (Wildman–Crippen MR) is 76.6 cm³/mol. The largest absolute Gasteiger partial charge is 0.485 e. The Morgan fingerprint density at radius 2 is 2.06 bits per heavy atom. The first-order valence-corrected chi connectivity index (χ1v) is 6.64. The van der Waals surface area contributed by atoms with Gasteiger partial charge >= 0.3 is 0 Å². The lowest BCUT2D eigenvalue weighted by Gasteiger charge is -2.34. The molecule has 2 N–H and O–H groups in total. The van der Waals surface area contributed by atoms with Gasteiger partial charge in [-0.2, -0.15) is 0 Å². The summed E-state index contributed by atoms with van der Waals surface area (Å²) in [5.74, 6) is 0.960. The fourth-order valence-corrected chi connectivity index (χ4v) is 2.24. The van der Waals surface area contributed by atoms with E-state index in [1.807, 2.05) is 7.05 Å². The van der Waals surface area contributed by atoms with Crippen LogP contribution in [0.3, 0.4) is 0 Å². The van der Waals surface area contributed by atoms with Gasteiger partial charge in [0.2, 0.25) is 0 Å². The van der Waals surface area contributed by atoms with Crippen LogP contribution < -0.4 is 15.4 Å². The Bertz CT molecular complexity index is 423. The molecule has 0 radical (unpaired) electrons. The van der Waals surface area contributed by atoms with Crippen LogP contribution in [0.15, 0.2) is 18.2 Å². The van der Waals surface area contributed by atoms with Gasteiger partial charge in [0, 0.05) is 6.54 Å². The van der Waals surface area contributed by atoms with E-state index in [-0.39, 0.29) is 11.5 Å². The van der Waals surface area contributed by atoms with Gasteiger partial charge in [0.1, 0.15) is 11.9 Å². The van der Waals surface area contributed by atoms with Crippen molar-refractivity contribution in [3.05, 3.63) is 23.8 Å². The minimum Gasteiger partial charge on any atom is -0.485 e. The minimum absolute atomic E-state index is 0.168. The monoisotopic (exact) mass is 248 g/mol. The molecule has 1 aromatic rings. The van der Waals surface area contributed by atoms with Crippen molar-refractivity contribution in [1.29, 1.82) is 0 Å². The molecule has 1 aliphatic rings. The van der Waals surface area contributed by atoms with Gasteiger partial charge < -0.3 is 15.4 Å². The van der Waals surface area contributed by atoms with Gasteiger partial charge in [-0.3, -0.25) is 0 Å². The minimum atomic E-state index is 0.168. The maximum absolute atomic E-state index is 6.03. The second-order valence-corrected chi connectivity index (χ2v) is 6.11. The Kier molecular flexibility index (Phi) is 3.53. The first kappa shape index (κ1) is 13.2. The Hall–Kier alpha value is -1.22. The molecule has 100 valence electrons. The third-order valence-corrected chi connectivity index (χ3v) is 3.47. The molecule has 1 aromatic carbocycles. The van der Waals surface area contributed by atoms with E-state index in [2.05, 4.69) is 56.5 Å². The highest BCUT2D eigenvalue weighted by atomic mass is 16.5. The van der Waals surface area contributed by atoms with E-state index in [0.29, 0.717) is 6.04 Å². The Morgan fingerprint density at radius 1 is 1.33 bits per heavy atom. The number of hydrogen-bond acceptors (Lipinski definition) is 3. The topological polar surface area (TPSA) is 33.3 Å². The normalized spacial score (nSPS) is 22.9. The summed E-state index contributed by atoms with van der Waals surface area (Å²) in [6.07, 6.45) is 0.183. The maximum Gasteiger partial charge on any atom is 0.143 e.